The molecule has 286 valence electrons. The van der Waals surface area contributed by atoms with Crippen LogP contribution >= 0.6 is 0 Å². The maximum Gasteiger partial charge on any atom is 0.253 e. The number of piperazine rings is 1. The summed E-state index contributed by atoms with van der Waals surface area (Å²) in [5, 5.41) is 3.48. The van der Waals surface area contributed by atoms with E-state index in [0.29, 0.717) is 65.3 Å². The molecule has 0 aliphatic carbocycles. The van der Waals surface area contributed by atoms with E-state index in [1.54, 1.807) is 0 Å². The van der Waals surface area contributed by atoms with Gasteiger partial charge in [-0.3, -0.25) is 29.0 Å². The van der Waals surface area contributed by atoms with Gasteiger partial charge >= 0.3 is 0 Å². The minimum atomic E-state index is -0.373. The number of ether oxygens (including phenoxy) is 2. The van der Waals surface area contributed by atoms with Gasteiger partial charge in [0.15, 0.2) is 5.82 Å². The third-order valence-corrected chi connectivity index (χ3v) is 9.67. The first-order chi connectivity index (χ1) is 25.7. The largest absolute Gasteiger partial charge is 0.379 e. The fourth-order valence-corrected chi connectivity index (χ4v) is 6.62. The van der Waals surface area contributed by atoms with Crippen LogP contribution in [0.2, 0.25) is 0 Å². The second-order valence-electron chi connectivity index (χ2n) is 13.7. The number of carbonyl (C=O) groups excluding carboxylic acids is 4. The summed E-state index contributed by atoms with van der Waals surface area (Å²) in [6, 6.07) is 8.67. The molecule has 3 aromatic rings. The fourth-order valence-electron chi connectivity index (χ4n) is 6.62. The summed E-state index contributed by atoms with van der Waals surface area (Å²) in [5.74, 6) is 0.396. The molecule has 53 heavy (non-hydrogen) atoms. The Morgan fingerprint density at radius 3 is 2.36 bits per heavy atom. The molecule has 0 unspecified atom stereocenters. The number of nitrogens with one attached hydrogen (secondary N) is 1. The predicted molar refractivity (Wildman–Crippen MR) is 203 cm³/mol. The highest BCUT2D eigenvalue weighted by Gasteiger charge is 2.24. The average Bonchev–Trinajstić information content (AvgIpc) is 3.70. The maximum absolute atomic E-state index is 12.8. The minimum Gasteiger partial charge on any atom is -0.379 e. The predicted octanol–water partition coefficient (Wildman–Crippen LogP) is 3.70. The molecule has 14 heteroatoms. The van der Waals surface area contributed by atoms with Crippen molar-refractivity contribution in [2.45, 2.75) is 71.9 Å². The number of hydrogen-bond acceptors (Lipinski definition) is 11. The zero-order valence-corrected chi connectivity index (χ0v) is 31.2. The number of fused-ring (bicyclic) bond motifs is 1. The number of nitrogens with two attached hydrogens (primary N) is 1. The van der Waals surface area contributed by atoms with E-state index in [9.17, 15) is 19.2 Å². The topological polar surface area (TPSA) is 165 Å². The van der Waals surface area contributed by atoms with Gasteiger partial charge in [-0.25, -0.2) is 4.98 Å². The van der Waals surface area contributed by atoms with Crippen molar-refractivity contribution >= 4 is 46.3 Å². The summed E-state index contributed by atoms with van der Waals surface area (Å²) < 4.78 is 13.3. The average molecular weight is 731 g/mol. The van der Waals surface area contributed by atoms with Crippen molar-refractivity contribution in [3.8, 4) is 0 Å². The molecular weight excluding hydrogens is 676 g/mol. The third-order valence-electron chi connectivity index (χ3n) is 9.67. The Balaban J connectivity index is 0.945. The Labute approximate surface area is 311 Å². The van der Waals surface area contributed by atoms with Crippen molar-refractivity contribution in [1.82, 2.24) is 29.2 Å². The lowest BCUT2D eigenvalue weighted by Crippen LogP contribution is -2.48. The summed E-state index contributed by atoms with van der Waals surface area (Å²) in [5.41, 5.74) is 11.5. The van der Waals surface area contributed by atoms with Gasteiger partial charge in [-0.15, -0.1) is 0 Å². The van der Waals surface area contributed by atoms with Crippen molar-refractivity contribution < 1.29 is 28.7 Å². The van der Waals surface area contributed by atoms with Gasteiger partial charge in [0.1, 0.15) is 11.3 Å². The SMILES string of the molecule is CCCCCNc1nc(N)nc2ccn(Cc3ccc(CN4CCN(C(=O)CCOCCOCCCC(=O)CCN5C(=O)C=CC5=O)CC4)cc3C)c12. The van der Waals surface area contributed by atoms with E-state index >= 15 is 0 Å². The lowest BCUT2D eigenvalue weighted by Gasteiger charge is -2.35. The molecule has 14 nitrogen and oxygen atoms in total. The van der Waals surface area contributed by atoms with E-state index in [1.165, 1.54) is 28.8 Å². The van der Waals surface area contributed by atoms with Crippen LogP contribution in [0, 0.1) is 6.92 Å². The van der Waals surface area contributed by atoms with Gasteiger partial charge in [0.05, 0.1) is 31.8 Å². The molecule has 1 aromatic carbocycles. The van der Waals surface area contributed by atoms with Crippen LogP contribution in [-0.4, -0.2) is 118 Å². The summed E-state index contributed by atoms with van der Waals surface area (Å²) >= 11 is 0. The molecule has 2 aliphatic heterocycles. The first-order valence-corrected chi connectivity index (χ1v) is 18.9. The Kier molecular flexibility index (Phi) is 14.9. The molecule has 1 fully saturated rings. The minimum absolute atomic E-state index is 0.0119. The molecule has 0 atom stereocenters. The second-order valence-corrected chi connectivity index (χ2v) is 13.7. The van der Waals surface area contributed by atoms with E-state index in [2.05, 4.69) is 63.0 Å². The first kappa shape index (κ1) is 39.5. The highest BCUT2D eigenvalue weighted by Crippen LogP contribution is 2.25. The fraction of sp³-hybridized carbons (Fsp3) is 0.538. The van der Waals surface area contributed by atoms with Crippen molar-refractivity contribution in [2.75, 3.05) is 76.7 Å². The number of ketones is 1. The molecule has 0 saturated carbocycles. The molecule has 1 saturated heterocycles. The Bertz CT molecular complexity index is 1730. The number of nitrogens with zero attached hydrogens (tertiary/aromatic N) is 6. The number of imide groups is 1. The maximum atomic E-state index is 12.8. The first-order valence-electron chi connectivity index (χ1n) is 18.9. The van der Waals surface area contributed by atoms with Crippen molar-refractivity contribution in [1.29, 1.82) is 0 Å². The molecule has 0 radical (unpaired) electrons. The number of hydrogen-bond donors (Lipinski definition) is 2. The van der Waals surface area contributed by atoms with Gasteiger partial charge in [-0.05, 0) is 42.5 Å². The zero-order chi connectivity index (χ0) is 37.6. The molecular formula is C39H54N8O6. The summed E-state index contributed by atoms with van der Waals surface area (Å²) in [7, 11) is 0. The van der Waals surface area contributed by atoms with Crippen LogP contribution in [0.3, 0.4) is 0 Å². The van der Waals surface area contributed by atoms with Crippen LogP contribution in [0.5, 0.6) is 0 Å². The molecule has 3 N–H and O–H groups in total. The zero-order valence-electron chi connectivity index (χ0n) is 31.2. The number of benzene rings is 1. The highest BCUT2D eigenvalue weighted by atomic mass is 16.5. The third kappa shape index (κ3) is 11.7. The normalized spacial score (nSPS) is 14.9. The van der Waals surface area contributed by atoms with E-state index in [4.69, 9.17) is 15.2 Å². The van der Waals surface area contributed by atoms with E-state index in [1.807, 2.05) is 11.0 Å². The van der Waals surface area contributed by atoms with Crippen LogP contribution in [0.1, 0.15) is 68.6 Å². The number of nitrogen functional groups attached to an aromatic ring is 1. The molecule has 5 rings (SSSR count). The van der Waals surface area contributed by atoms with Crippen molar-refractivity contribution in [2.24, 2.45) is 0 Å². The molecule has 0 spiro atoms. The van der Waals surface area contributed by atoms with E-state index in [-0.39, 0.29) is 42.4 Å². The van der Waals surface area contributed by atoms with Crippen LogP contribution in [0.25, 0.3) is 11.0 Å². The molecule has 2 aliphatic rings. The number of unbranched alkanes of at least 4 members (excludes halogenated alkanes) is 2. The molecule has 4 heterocycles. The number of aromatic nitrogens is 3. The number of rotatable bonds is 22. The molecule has 2 aromatic heterocycles. The Morgan fingerprint density at radius 2 is 1.62 bits per heavy atom. The number of anilines is 2. The lowest BCUT2D eigenvalue weighted by molar-refractivity contribution is -0.137. The standard InChI is InChI=1S/C39H54N8O6/c1-3-4-5-15-41-38-37-33(42-39(40)43-38)13-16-46(37)28-31-9-8-30(26-29(31)2)27-44-18-20-45(21-19-44)34(49)14-23-53-25-24-52-22-6-7-32(48)12-17-47-35(50)10-11-36(47)51/h8-11,13,16,26H,3-7,12,14-15,17-25,27-28H2,1-2H3,(H3,40,41,42,43). The van der Waals surface area contributed by atoms with E-state index < -0.39 is 0 Å². The monoisotopic (exact) mass is 730 g/mol. The van der Waals surface area contributed by atoms with Gasteiger partial charge in [0.25, 0.3) is 11.8 Å². The van der Waals surface area contributed by atoms with Gasteiger partial charge in [-0.1, -0.05) is 38.0 Å². The number of amides is 3. The molecule has 3 amide bonds. The quantitative estimate of drug-likeness (QED) is 0.114. The number of aryl methyl sites for hydroxylation is 1. The van der Waals surface area contributed by atoms with Crippen LogP contribution in [-0.2, 0) is 41.7 Å². The van der Waals surface area contributed by atoms with Gasteiger partial charge in [-0.2, -0.15) is 4.98 Å². The van der Waals surface area contributed by atoms with Crippen molar-refractivity contribution in [3.05, 3.63) is 59.3 Å². The van der Waals surface area contributed by atoms with Crippen LogP contribution in [0.4, 0.5) is 11.8 Å². The summed E-state index contributed by atoms with van der Waals surface area (Å²) in [6.07, 6.45) is 9.26. The van der Waals surface area contributed by atoms with Crippen LogP contribution in [0.15, 0.2) is 42.6 Å². The highest BCUT2D eigenvalue weighted by molar-refractivity contribution is 6.13. The van der Waals surface area contributed by atoms with Crippen LogP contribution < -0.4 is 11.1 Å². The number of Topliss-reactive ketones (excluding diaryl/α,β-unsaturated/α-hetero) is 1. The lowest BCUT2D eigenvalue weighted by atomic mass is 10.0. The van der Waals surface area contributed by atoms with Crippen molar-refractivity contribution in [3.63, 3.8) is 0 Å². The summed E-state index contributed by atoms with van der Waals surface area (Å²) in [4.78, 5) is 62.3. The second kappa shape index (κ2) is 20.0. The Hall–Kier alpha value is -4.66. The van der Waals surface area contributed by atoms with Gasteiger partial charge in [0, 0.05) is 90.2 Å². The smallest absolute Gasteiger partial charge is 0.253 e. The summed E-state index contributed by atoms with van der Waals surface area (Å²) in [6.45, 7) is 11.4. The van der Waals surface area contributed by atoms with E-state index in [0.717, 1.165) is 67.2 Å². The van der Waals surface area contributed by atoms with Gasteiger partial charge < -0.3 is 30.0 Å². The molecule has 0 bridgehead atoms. The van der Waals surface area contributed by atoms with Gasteiger partial charge in [0.2, 0.25) is 11.9 Å². The number of carbonyl (C=O) groups is 4. The Morgan fingerprint density at radius 1 is 0.868 bits per heavy atom.